The highest BCUT2D eigenvalue weighted by Crippen LogP contribution is 2.41. The molecule has 2 unspecified atom stereocenters. The van der Waals surface area contributed by atoms with E-state index in [-0.39, 0.29) is 46.7 Å². The first-order chi connectivity index (χ1) is 18.9. The van der Waals surface area contributed by atoms with Crippen LogP contribution in [0.4, 0.5) is 24.9 Å². The van der Waals surface area contributed by atoms with E-state index in [1.54, 1.807) is 13.0 Å². The van der Waals surface area contributed by atoms with E-state index in [0.29, 0.717) is 24.6 Å². The third kappa shape index (κ3) is 5.78. The molecule has 0 saturated carbocycles. The van der Waals surface area contributed by atoms with Crippen molar-refractivity contribution in [2.24, 2.45) is 5.73 Å². The van der Waals surface area contributed by atoms with Gasteiger partial charge in [0, 0.05) is 54.6 Å². The van der Waals surface area contributed by atoms with E-state index in [2.05, 4.69) is 15.1 Å². The Balaban J connectivity index is 1.43. The first-order valence-electron chi connectivity index (χ1n) is 12.6. The average Bonchev–Trinajstić information content (AvgIpc) is 3.33. The van der Waals surface area contributed by atoms with Crippen molar-refractivity contribution in [3.8, 4) is 11.6 Å². The summed E-state index contributed by atoms with van der Waals surface area (Å²) in [7, 11) is 0. The van der Waals surface area contributed by atoms with Gasteiger partial charge in [-0.2, -0.15) is 28.2 Å². The van der Waals surface area contributed by atoms with Gasteiger partial charge in [0.2, 0.25) is 17.9 Å². The molecule has 40 heavy (non-hydrogen) atoms. The monoisotopic (exact) mass is 580 g/mol. The second-order valence-corrected chi connectivity index (χ2v) is 10.4. The Hall–Kier alpha value is -3.62. The zero-order valence-electron chi connectivity index (χ0n) is 21.4. The van der Waals surface area contributed by atoms with Gasteiger partial charge in [0.05, 0.1) is 11.4 Å². The number of carbonyl (C=O) groups is 1. The number of halogens is 4. The Morgan fingerprint density at radius 1 is 1.20 bits per heavy atom. The lowest BCUT2D eigenvalue weighted by molar-refractivity contribution is -0.198. The lowest BCUT2D eigenvalue weighted by Gasteiger charge is -2.52. The van der Waals surface area contributed by atoms with Crippen molar-refractivity contribution in [3.05, 3.63) is 52.8 Å². The number of ether oxygens (including phenoxy) is 1. The minimum Gasteiger partial charge on any atom is -0.480 e. The number of aryl methyl sites for hydroxylation is 1. The predicted octanol–water partition coefficient (Wildman–Crippen LogP) is 2.95. The van der Waals surface area contributed by atoms with Gasteiger partial charge in [-0.15, -0.1) is 0 Å². The molecule has 2 bridgehead atoms. The zero-order chi connectivity index (χ0) is 28.8. The van der Waals surface area contributed by atoms with E-state index in [1.807, 2.05) is 9.80 Å². The molecule has 3 aliphatic heterocycles. The topological polar surface area (TPSA) is 149 Å². The van der Waals surface area contributed by atoms with E-state index in [9.17, 15) is 23.1 Å². The first kappa shape index (κ1) is 27.9. The minimum atomic E-state index is -4.82. The maximum atomic E-state index is 14.4. The summed E-state index contributed by atoms with van der Waals surface area (Å²) in [6.07, 6.45) is -4.06. The number of piperidine rings is 2. The molecule has 214 valence electrons. The van der Waals surface area contributed by atoms with Gasteiger partial charge in [-0.25, -0.2) is 4.68 Å². The molecule has 3 fully saturated rings. The quantitative estimate of drug-likeness (QED) is 0.363. The molecule has 15 heteroatoms. The Morgan fingerprint density at radius 3 is 2.58 bits per heavy atom. The van der Waals surface area contributed by atoms with Crippen molar-refractivity contribution in [2.45, 2.75) is 50.2 Å². The third-order valence-electron chi connectivity index (χ3n) is 7.17. The third-order valence-corrected chi connectivity index (χ3v) is 7.41. The Morgan fingerprint density at radius 2 is 1.95 bits per heavy atom. The lowest BCUT2D eigenvalue weighted by atomic mass is 9.90. The number of alkyl halides is 3. The van der Waals surface area contributed by atoms with Crippen LogP contribution in [-0.2, 0) is 4.79 Å². The molecule has 0 aliphatic carbocycles. The van der Waals surface area contributed by atoms with E-state index in [4.69, 9.17) is 27.8 Å². The van der Waals surface area contributed by atoms with Crippen LogP contribution in [0.15, 0.2) is 36.5 Å². The SMILES string of the molecule is Cc1ccn(-c2cc(Cl)ccc2[C@@H](Oc2cc(N3CC4CCC3CN4C[C@H](N)C(=O)O)nc(N)n2)C(F)(F)F)n1. The highest BCUT2D eigenvalue weighted by molar-refractivity contribution is 6.30. The molecule has 4 atom stereocenters. The Bertz CT molecular complexity index is 1400. The van der Waals surface area contributed by atoms with Gasteiger partial charge in [0.15, 0.2) is 0 Å². The van der Waals surface area contributed by atoms with E-state index >= 15 is 0 Å². The molecule has 6 rings (SSSR count). The number of nitrogens with zero attached hydrogens (tertiary/aromatic N) is 6. The molecular formula is C25H28ClF3N8O3. The molecule has 2 aromatic heterocycles. The number of carboxylic acids is 1. The van der Waals surface area contributed by atoms with Crippen molar-refractivity contribution < 1.29 is 27.8 Å². The standard InChI is InChI=1S/C25H28ClF3N8O3/c1-13-6-7-37(34-13)19-8-14(26)2-5-17(19)22(25(27,28)29)40-21-9-20(32-24(31)33-21)36-11-15-3-4-16(36)10-35(15)12-18(30)23(38)39/h2,5-9,15-16,18,22H,3-4,10-12,30H2,1H3,(H,38,39)(H2,31,32,33)/t15?,16?,18-,22+/m0/s1. The fourth-order valence-corrected chi connectivity index (χ4v) is 5.47. The molecular weight excluding hydrogens is 553 g/mol. The summed E-state index contributed by atoms with van der Waals surface area (Å²) in [5.74, 6) is -1.32. The van der Waals surface area contributed by atoms with Gasteiger partial charge in [0.25, 0.3) is 0 Å². The van der Waals surface area contributed by atoms with Crippen LogP contribution in [0.1, 0.15) is 30.2 Å². The van der Waals surface area contributed by atoms with Gasteiger partial charge in [-0.3, -0.25) is 9.69 Å². The van der Waals surface area contributed by atoms with Crippen molar-refractivity contribution in [3.63, 3.8) is 0 Å². The normalized spacial score (nSPS) is 20.9. The smallest absolute Gasteiger partial charge is 0.429 e. The maximum absolute atomic E-state index is 14.4. The second kappa shape index (κ2) is 10.7. The van der Waals surface area contributed by atoms with Crippen LogP contribution in [-0.4, -0.2) is 79.7 Å². The maximum Gasteiger partial charge on any atom is 0.429 e. The van der Waals surface area contributed by atoms with Crippen LogP contribution < -0.4 is 21.1 Å². The average molecular weight is 581 g/mol. The number of rotatable bonds is 8. The van der Waals surface area contributed by atoms with Crippen molar-refractivity contribution in [1.82, 2.24) is 24.6 Å². The highest BCUT2D eigenvalue weighted by Gasteiger charge is 2.45. The van der Waals surface area contributed by atoms with Crippen LogP contribution in [0, 0.1) is 6.92 Å². The second-order valence-electron chi connectivity index (χ2n) is 10.0. The van der Waals surface area contributed by atoms with Gasteiger partial charge < -0.3 is 26.2 Å². The molecule has 0 spiro atoms. The molecule has 5 N–H and O–H groups in total. The summed E-state index contributed by atoms with van der Waals surface area (Å²) in [6, 6.07) is 5.93. The first-order valence-corrected chi connectivity index (χ1v) is 13.0. The molecule has 0 amide bonds. The number of hydrogen-bond donors (Lipinski definition) is 3. The van der Waals surface area contributed by atoms with Crippen molar-refractivity contribution in [2.75, 3.05) is 30.3 Å². The summed E-state index contributed by atoms with van der Waals surface area (Å²) >= 11 is 6.12. The molecule has 3 aromatic rings. The number of aromatic nitrogens is 4. The molecule has 11 nitrogen and oxygen atoms in total. The summed E-state index contributed by atoms with van der Waals surface area (Å²) in [5.41, 5.74) is 12.2. The Kier molecular flexibility index (Phi) is 7.50. The van der Waals surface area contributed by atoms with E-state index < -0.39 is 24.3 Å². The number of hydrogen-bond acceptors (Lipinski definition) is 9. The van der Waals surface area contributed by atoms with Gasteiger partial charge in [-0.05, 0) is 38.0 Å². The number of aliphatic carboxylic acids is 1. The molecule has 1 aromatic carbocycles. The number of nitrogens with two attached hydrogens (primary N) is 2. The molecule has 3 saturated heterocycles. The van der Waals surface area contributed by atoms with Crippen LogP contribution >= 0.6 is 11.6 Å². The van der Waals surface area contributed by atoms with Crippen LogP contribution in [0.25, 0.3) is 5.69 Å². The number of nitrogen functional groups attached to an aromatic ring is 1. The van der Waals surface area contributed by atoms with Crippen molar-refractivity contribution in [1.29, 1.82) is 0 Å². The van der Waals surface area contributed by atoms with E-state index in [0.717, 1.165) is 12.8 Å². The number of anilines is 2. The number of carboxylic acid groups (broad SMARTS) is 1. The van der Waals surface area contributed by atoms with Gasteiger partial charge >= 0.3 is 12.1 Å². The van der Waals surface area contributed by atoms with Crippen LogP contribution in [0.5, 0.6) is 5.88 Å². The van der Waals surface area contributed by atoms with Crippen LogP contribution in [0.3, 0.4) is 0 Å². The largest absolute Gasteiger partial charge is 0.480 e. The fourth-order valence-electron chi connectivity index (χ4n) is 5.30. The highest BCUT2D eigenvalue weighted by atomic mass is 35.5. The zero-order valence-corrected chi connectivity index (χ0v) is 22.2. The van der Waals surface area contributed by atoms with Crippen molar-refractivity contribution >= 4 is 29.3 Å². The number of benzene rings is 1. The summed E-state index contributed by atoms with van der Waals surface area (Å²) < 4.78 is 50.2. The predicted molar refractivity (Wildman–Crippen MR) is 141 cm³/mol. The van der Waals surface area contributed by atoms with E-state index in [1.165, 1.54) is 35.1 Å². The molecule has 0 radical (unpaired) electrons. The summed E-state index contributed by atoms with van der Waals surface area (Å²) in [4.78, 5) is 23.4. The Labute approximate surface area is 232 Å². The van der Waals surface area contributed by atoms with Gasteiger partial charge in [-0.1, -0.05) is 17.7 Å². The number of piperazine rings is 1. The molecule has 3 aliphatic rings. The number of fused-ring (bicyclic) bond motifs is 3. The summed E-state index contributed by atoms with van der Waals surface area (Å²) in [6.45, 7) is 2.94. The van der Waals surface area contributed by atoms with Crippen LogP contribution in [0.2, 0.25) is 5.02 Å². The molecule has 5 heterocycles. The lowest BCUT2D eigenvalue weighted by Crippen LogP contribution is -2.64. The summed E-state index contributed by atoms with van der Waals surface area (Å²) in [5, 5.41) is 13.7. The fraction of sp³-hybridized carbons (Fsp3) is 0.440. The minimum absolute atomic E-state index is 0.00744. The van der Waals surface area contributed by atoms with Gasteiger partial charge in [0.1, 0.15) is 11.9 Å².